The first-order chi connectivity index (χ1) is 12.8. The molecule has 1 saturated heterocycles. The van der Waals surface area contributed by atoms with Gasteiger partial charge in [0.1, 0.15) is 0 Å². The van der Waals surface area contributed by atoms with Gasteiger partial charge in [-0.25, -0.2) is 0 Å². The molecular weight excluding hydrogens is 358 g/mol. The zero-order chi connectivity index (χ0) is 19.9. The van der Waals surface area contributed by atoms with E-state index in [9.17, 15) is 0 Å². The summed E-state index contributed by atoms with van der Waals surface area (Å²) in [5, 5.41) is 11.2. The molecule has 5 nitrogen and oxygen atoms in total. The average molecular weight is 394 g/mol. The highest BCUT2D eigenvalue weighted by atomic mass is 35.5. The quantitative estimate of drug-likeness (QED) is 0.394. The van der Waals surface area contributed by atoms with Gasteiger partial charge in [-0.1, -0.05) is 23.7 Å². The topological polar surface area (TPSA) is 51.7 Å². The Kier molecular flexibility index (Phi) is 8.39. The molecule has 2 rings (SSSR count). The summed E-state index contributed by atoms with van der Waals surface area (Å²) in [6.07, 6.45) is 2.43. The second kappa shape index (κ2) is 10.3. The van der Waals surface area contributed by atoms with E-state index in [1.54, 1.807) is 0 Å². The van der Waals surface area contributed by atoms with Crippen LogP contribution in [0.2, 0.25) is 5.02 Å². The highest BCUT2D eigenvalue weighted by Crippen LogP contribution is 2.35. The molecule has 3 N–H and O–H groups in total. The van der Waals surface area contributed by atoms with Crippen LogP contribution in [0.15, 0.2) is 29.3 Å². The minimum Gasteiger partial charge on any atom is -0.356 e. The Morgan fingerprint density at radius 3 is 2.70 bits per heavy atom. The van der Waals surface area contributed by atoms with Crippen LogP contribution in [0.25, 0.3) is 0 Å². The van der Waals surface area contributed by atoms with Gasteiger partial charge in [0.15, 0.2) is 5.96 Å². The summed E-state index contributed by atoms with van der Waals surface area (Å²) in [6.45, 7) is 10.3. The minimum absolute atomic E-state index is 0.134. The second-order valence-corrected chi connectivity index (χ2v) is 8.88. The summed E-state index contributed by atoms with van der Waals surface area (Å²) in [6, 6.07) is 8.67. The number of guanidine groups is 1. The molecule has 6 heteroatoms. The van der Waals surface area contributed by atoms with Crippen molar-refractivity contribution in [3.8, 4) is 0 Å². The van der Waals surface area contributed by atoms with Crippen LogP contribution in [0.5, 0.6) is 0 Å². The lowest BCUT2D eigenvalue weighted by atomic mass is 9.85. The number of nitrogens with zero attached hydrogens (tertiary/aromatic N) is 2. The van der Waals surface area contributed by atoms with E-state index >= 15 is 0 Å². The number of piperidine rings is 1. The lowest BCUT2D eigenvalue weighted by Gasteiger charge is -2.40. The highest BCUT2D eigenvalue weighted by Gasteiger charge is 2.30. The third-order valence-corrected chi connectivity index (χ3v) is 5.26. The van der Waals surface area contributed by atoms with E-state index in [0.717, 1.165) is 37.2 Å². The third-order valence-electron chi connectivity index (χ3n) is 5.03. The lowest BCUT2D eigenvalue weighted by Crippen LogP contribution is -2.47. The maximum Gasteiger partial charge on any atom is 0.191 e. The zero-order valence-corrected chi connectivity index (χ0v) is 18.2. The summed E-state index contributed by atoms with van der Waals surface area (Å²) in [5.74, 6) is 1.39. The summed E-state index contributed by atoms with van der Waals surface area (Å²) >= 11 is 6.24. The van der Waals surface area contributed by atoms with Crippen LogP contribution < -0.4 is 16.0 Å². The van der Waals surface area contributed by atoms with Gasteiger partial charge in [-0.2, -0.15) is 0 Å². The predicted molar refractivity (Wildman–Crippen MR) is 117 cm³/mol. The van der Waals surface area contributed by atoms with Crippen molar-refractivity contribution < 1.29 is 0 Å². The number of aliphatic imine (C=N–C) groups is 1. The molecule has 1 heterocycles. The Morgan fingerprint density at radius 1 is 1.26 bits per heavy atom. The van der Waals surface area contributed by atoms with E-state index in [0.29, 0.717) is 12.0 Å². The van der Waals surface area contributed by atoms with Crippen molar-refractivity contribution in [3.05, 3.63) is 34.9 Å². The molecule has 0 saturated carbocycles. The first-order valence-corrected chi connectivity index (χ1v) is 10.3. The summed E-state index contributed by atoms with van der Waals surface area (Å²) in [7, 11) is 4.04. The van der Waals surface area contributed by atoms with Crippen LogP contribution in [0.3, 0.4) is 0 Å². The van der Waals surface area contributed by atoms with Gasteiger partial charge in [0.25, 0.3) is 0 Å². The molecule has 0 spiro atoms. The van der Waals surface area contributed by atoms with E-state index < -0.39 is 0 Å². The van der Waals surface area contributed by atoms with Crippen LogP contribution in [0.4, 0.5) is 0 Å². The van der Waals surface area contributed by atoms with E-state index in [1.165, 1.54) is 18.4 Å². The van der Waals surface area contributed by atoms with Crippen molar-refractivity contribution in [2.24, 2.45) is 10.9 Å². The third kappa shape index (κ3) is 7.32. The van der Waals surface area contributed by atoms with Crippen LogP contribution in [-0.2, 0) is 0 Å². The van der Waals surface area contributed by atoms with Crippen LogP contribution in [0, 0.1) is 5.92 Å². The maximum atomic E-state index is 6.24. The van der Waals surface area contributed by atoms with Gasteiger partial charge < -0.3 is 16.0 Å². The molecule has 0 bridgehead atoms. The SMILES string of the molecule is CN=C(NCCNC(C)(C)C)NCC1CCCN(C)C1c1cccc(Cl)c1. The van der Waals surface area contributed by atoms with Gasteiger partial charge in [-0.05, 0) is 70.8 Å². The molecule has 2 atom stereocenters. The molecular formula is C21H36ClN5. The first-order valence-electron chi connectivity index (χ1n) is 9.95. The molecule has 0 amide bonds. The maximum absolute atomic E-state index is 6.24. The second-order valence-electron chi connectivity index (χ2n) is 8.44. The number of halogens is 1. The average Bonchev–Trinajstić information content (AvgIpc) is 2.60. The Hall–Kier alpha value is -1.30. The summed E-state index contributed by atoms with van der Waals surface area (Å²) in [4.78, 5) is 6.82. The van der Waals surface area contributed by atoms with Gasteiger partial charge >= 0.3 is 0 Å². The zero-order valence-electron chi connectivity index (χ0n) is 17.5. The fraction of sp³-hybridized carbons (Fsp3) is 0.667. The lowest BCUT2D eigenvalue weighted by molar-refractivity contribution is 0.122. The van der Waals surface area contributed by atoms with Gasteiger partial charge in [0.2, 0.25) is 0 Å². The minimum atomic E-state index is 0.134. The van der Waals surface area contributed by atoms with Gasteiger partial charge in [-0.3, -0.25) is 9.89 Å². The summed E-state index contributed by atoms with van der Waals surface area (Å²) < 4.78 is 0. The van der Waals surface area contributed by atoms with Crippen molar-refractivity contribution in [3.63, 3.8) is 0 Å². The van der Waals surface area contributed by atoms with Crippen molar-refractivity contribution in [2.75, 3.05) is 40.3 Å². The van der Waals surface area contributed by atoms with Gasteiger partial charge in [0.05, 0.1) is 0 Å². The molecule has 1 aromatic carbocycles. The van der Waals surface area contributed by atoms with Gasteiger partial charge in [0, 0.05) is 43.3 Å². The molecule has 0 radical (unpaired) electrons. The Bertz CT molecular complexity index is 611. The van der Waals surface area contributed by atoms with E-state index in [2.05, 4.69) is 65.8 Å². The Morgan fingerprint density at radius 2 is 2.04 bits per heavy atom. The molecule has 2 unspecified atom stereocenters. The fourth-order valence-corrected chi connectivity index (χ4v) is 3.96. The van der Waals surface area contributed by atoms with Crippen LogP contribution in [-0.4, -0.2) is 56.7 Å². The van der Waals surface area contributed by atoms with Crippen LogP contribution in [0.1, 0.15) is 45.2 Å². The van der Waals surface area contributed by atoms with Crippen molar-refractivity contribution >= 4 is 17.6 Å². The van der Waals surface area contributed by atoms with E-state index in [-0.39, 0.29) is 5.54 Å². The Labute approximate surface area is 170 Å². The number of nitrogens with one attached hydrogen (secondary N) is 3. The molecule has 1 aromatic rings. The first kappa shape index (κ1) is 22.0. The smallest absolute Gasteiger partial charge is 0.191 e. The number of hydrogen-bond donors (Lipinski definition) is 3. The van der Waals surface area contributed by atoms with Gasteiger partial charge in [-0.15, -0.1) is 0 Å². The van der Waals surface area contributed by atoms with Crippen molar-refractivity contribution in [2.45, 2.75) is 45.2 Å². The van der Waals surface area contributed by atoms with Crippen molar-refractivity contribution in [1.82, 2.24) is 20.9 Å². The number of benzene rings is 1. The largest absolute Gasteiger partial charge is 0.356 e. The fourth-order valence-electron chi connectivity index (χ4n) is 3.76. The van der Waals surface area contributed by atoms with Crippen LogP contribution >= 0.6 is 11.6 Å². The molecule has 0 aliphatic carbocycles. The van der Waals surface area contributed by atoms with E-state index in [4.69, 9.17) is 11.6 Å². The predicted octanol–water partition coefficient (Wildman–Crippen LogP) is 3.28. The van der Waals surface area contributed by atoms with E-state index in [1.807, 2.05) is 19.2 Å². The number of likely N-dealkylation sites (tertiary alicyclic amines) is 1. The monoisotopic (exact) mass is 393 g/mol. The molecule has 1 aliphatic rings. The molecule has 152 valence electrons. The molecule has 1 fully saturated rings. The Balaban J connectivity index is 1.91. The number of hydrogen-bond acceptors (Lipinski definition) is 3. The standard InChI is InChI=1S/C21H36ClN5/c1-21(2,3)26-12-11-24-20(23-4)25-15-17-9-7-13-27(5)19(17)16-8-6-10-18(22)14-16/h6,8,10,14,17,19,26H,7,9,11-13,15H2,1-5H3,(H2,23,24,25). The number of rotatable bonds is 6. The molecule has 0 aromatic heterocycles. The highest BCUT2D eigenvalue weighted by molar-refractivity contribution is 6.30. The van der Waals surface area contributed by atoms with Crippen molar-refractivity contribution in [1.29, 1.82) is 0 Å². The molecule has 1 aliphatic heterocycles. The molecule has 27 heavy (non-hydrogen) atoms. The normalized spacial score (nSPS) is 21.9. The summed E-state index contributed by atoms with van der Waals surface area (Å²) in [5.41, 5.74) is 1.43.